The number of nitrogens with one attached hydrogen (secondary N) is 2. The van der Waals surface area contributed by atoms with E-state index in [0.717, 1.165) is 51.4 Å². The topological polar surface area (TPSA) is 173 Å². The number of nitrogens with zero attached hydrogens (tertiary/aromatic N) is 4. The van der Waals surface area contributed by atoms with Gasteiger partial charge in [-0.1, -0.05) is 52.4 Å². The summed E-state index contributed by atoms with van der Waals surface area (Å²) in [5.74, 6) is -0.816. The minimum absolute atomic E-state index is 0.272. The molecule has 2 heterocycles. The van der Waals surface area contributed by atoms with Gasteiger partial charge in [-0.15, -0.1) is 0 Å². The molecule has 2 aromatic heterocycles. The molecule has 43 heavy (non-hydrogen) atoms. The molecule has 0 aromatic carbocycles. The lowest BCUT2D eigenvalue weighted by atomic mass is 10.1. The molecule has 0 fully saturated rings. The van der Waals surface area contributed by atoms with Crippen LogP contribution in [0, 0.1) is 0 Å². The molecule has 0 spiro atoms. The third kappa shape index (κ3) is 11.8. The number of hydrogen-bond donors (Lipinski definition) is 3. The summed E-state index contributed by atoms with van der Waals surface area (Å²) in [6.45, 7) is 13.3. The van der Waals surface area contributed by atoms with Gasteiger partial charge in [0.15, 0.2) is 11.5 Å². The van der Waals surface area contributed by atoms with E-state index in [9.17, 15) is 14.2 Å². The first-order chi connectivity index (χ1) is 20.2. The van der Waals surface area contributed by atoms with Crippen molar-refractivity contribution in [3.63, 3.8) is 0 Å². The summed E-state index contributed by atoms with van der Waals surface area (Å²) in [6, 6.07) is 0. The first-order valence-electron chi connectivity index (χ1n) is 15.3. The van der Waals surface area contributed by atoms with Crippen molar-refractivity contribution in [3.8, 4) is 0 Å². The van der Waals surface area contributed by atoms with E-state index >= 15 is 0 Å². The SMILES string of the molecule is CCCCCCOC(=O)C(C)(C)NP(=O)(COC(C)Cn1cnc2c(N)ncnc21)NC(C)(C)C(=O)OCCCCCC. The summed E-state index contributed by atoms with van der Waals surface area (Å²) in [4.78, 5) is 38.5. The van der Waals surface area contributed by atoms with Gasteiger partial charge < -0.3 is 24.5 Å². The number of rotatable bonds is 21. The molecule has 1 atom stereocenters. The number of esters is 2. The Labute approximate surface area is 255 Å². The standard InChI is InChI=1S/C29H52N7O6P/c1-8-10-12-14-16-40-26(37)28(4,5)34-43(39,35-29(6,7)27(38)41-17-15-13-11-9-2)21-42-22(3)18-36-20-33-23-24(30)31-19-32-25(23)36/h19-20,22H,8-18,21H2,1-7H3,(H2,30,31,32)(H2,34,35,39). The highest BCUT2D eigenvalue weighted by atomic mass is 31.2. The Bertz CT molecular complexity index is 1180. The fourth-order valence-electron chi connectivity index (χ4n) is 4.43. The van der Waals surface area contributed by atoms with Crippen molar-refractivity contribution in [1.82, 2.24) is 29.7 Å². The molecule has 0 radical (unpaired) electrons. The molecule has 0 saturated carbocycles. The molecular weight excluding hydrogens is 573 g/mol. The molecule has 0 aliphatic carbocycles. The Morgan fingerprint density at radius 3 is 1.95 bits per heavy atom. The molecule has 13 nitrogen and oxygen atoms in total. The van der Waals surface area contributed by atoms with Crippen LogP contribution < -0.4 is 15.9 Å². The highest BCUT2D eigenvalue weighted by Crippen LogP contribution is 2.42. The van der Waals surface area contributed by atoms with E-state index in [1.807, 2.05) is 6.92 Å². The third-order valence-electron chi connectivity index (χ3n) is 6.83. The number of ether oxygens (including phenoxy) is 3. The Hall–Kier alpha value is -2.60. The predicted molar refractivity (Wildman–Crippen MR) is 167 cm³/mol. The van der Waals surface area contributed by atoms with Gasteiger partial charge in [-0.05, 0) is 47.5 Å². The van der Waals surface area contributed by atoms with Crippen LogP contribution in [-0.4, -0.2) is 68.2 Å². The number of nitrogens with two attached hydrogens (primary N) is 1. The van der Waals surface area contributed by atoms with Crippen LogP contribution in [0.15, 0.2) is 12.7 Å². The first-order valence-corrected chi connectivity index (χ1v) is 17.2. The van der Waals surface area contributed by atoms with Gasteiger partial charge in [0.1, 0.15) is 29.3 Å². The lowest BCUT2D eigenvalue weighted by Crippen LogP contribution is -2.54. The van der Waals surface area contributed by atoms with Crippen LogP contribution in [0.5, 0.6) is 0 Å². The number of hydrogen-bond acceptors (Lipinski definition) is 10. The molecule has 14 heteroatoms. The van der Waals surface area contributed by atoms with Crippen molar-refractivity contribution in [2.45, 2.75) is 124 Å². The van der Waals surface area contributed by atoms with Gasteiger partial charge in [0.05, 0.1) is 32.2 Å². The summed E-state index contributed by atoms with van der Waals surface area (Å²) in [5, 5.41) is 5.90. The van der Waals surface area contributed by atoms with Gasteiger partial charge in [0, 0.05) is 0 Å². The molecule has 0 saturated heterocycles. The second-order valence-corrected chi connectivity index (χ2v) is 14.2. The summed E-state index contributed by atoms with van der Waals surface area (Å²) in [6.07, 6.45) is 9.88. The Balaban J connectivity index is 2.15. The zero-order valence-corrected chi connectivity index (χ0v) is 27.9. The van der Waals surface area contributed by atoms with E-state index in [2.05, 4.69) is 39.0 Å². The van der Waals surface area contributed by atoms with Gasteiger partial charge in [0.2, 0.25) is 7.44 Å². The molecule has 0 bridgehead atoms. The van der Waals surface area contributed by atoms with Crippen LogP contribution in [0.25, 0.3) is 11.2 Å². The minimum Gasteiger partial charge on any atom is -0.464 e. The van der Waals surface area contributed by atoms with Gasteiger partial charge in [-0.2, -0.15) is 0 Å². The maximum atomic E-state index is 14.4. The minimum atomic E-state index is -3.76. The molecule has 2 rings (SSSR count). The average molecular weight is 626 g/mol. The second kappa shape index (κ2) is 17.0. The number of imidazole rings is 1. The highest BCUT2D eigenvalue weighted by molar-refractivity contribution is 7.59. The van der Waals surface area contributed by atoms with Gasteiger partial charge in [-0.25, -0.2) is 25.1 Å². The maximum Gasteiger partial charge on any atom is 0.326 e. The zero-order chi connectivity index (χ0) is 32.1. The quantitative estimate of drug-likeness (QED) is 0.0970. The van der Waals surface area contributed by atoms with Crippen molar-refractivity contribution < 1.29 is 28.4 Å². The Morgan fingerprint density at radius 1 is 0.907 bits per heavy atom. The molecule has 4 N–H and O–H groups in total. The third-order valence-corrected chi connectivity index (χ3v) is 9.18. The van der Waals surface area contributed by atoms with Gasteiger partial charge in [-0.3, -0.25) is 14.2 Å². The van der Waals surface area contributed by atoms with E-state index in [-0.39, 0.29) is 25.4 Å². The average Bonchev–Trinajstić information content (AvgIpc) is 3.34. The summed E-state index contributed by atoms with van der Waals surface area (Å²) >= 11 is 0. The van der Waals surface area contributed by atoms with E-state index in [4.69, 9.17) is 19.9 Å². The van der Waals surface area contributed by atoms with Crippen molar-refractivity contribution in [1.29, 1.82) is 0 Å². The summed E-state index contributed by atoms with van der Waals surface area (Å²) < 4.78 is 33.2. The predicted octanol–water partition coefficient (Wildman–Crippen LogP) is 4.95. The number of nitrogen functional groups attached to an aromatic ring is 1. The van der Waals surface area contributed by atoms with Crippen LogP contribution >= 0.6 is 7.44 Å². The molecule has 244 valence electrons. The number of aromatic nitrogens is 4. The van der Waals surface area contributed by atoms with Crippen molar-refractivity contribution in [2.75, 3.05) is 25.3 Å². The monoisotopic (exact) mass is 625 g/mol. The highest BCUT2D eigenvalue weighted by Gasteiger charge is 2.43. The Morgan fingerprint density at radius 2 is 1.44 bits per heavy atom. The number of fused-ring (bicyclic) bond motifs is 1. The molecule has 2 aromatic rings. The van der Waals surface area contributed by atoms with Gasteiger partial charge >= 0.3 is 11.9 Å². The van der Waals surface area contributed by atoms with Crippen molar-refractivity contribution in [3.05, 3.63) is 12.7 Å². The summed E-state index contributed by atoms with van der Waals surface area (Å²) in [5.41, 5.74) is 4.25. The molecule has 1 unspecified atom stereocenters. The molecular formula is C29H52N7O6P. The van der Waals surface area contributed by atoms with Gasteiger partial charge in [0.25, 0.3) is 0 Å². The maximum absolute atomic E-state index is 14.4. The number of carbonyl (C=O) groups excluding carboxylic acids is 2. The lowest BCUT2D eigenvalue weighted by molar-refractivity contribution is -0.149. The van der Waals surface area contributed by atoms with E-state index in [0.29, 0.717) is 17.7 Å². The zero-order valence-electron chi connectivity index (χ0n) is 27.0. The lowest BCUT2D eigenvalue weighted by Gasteiger charge is -2.35. The van der Waals surface area contributed by atoms with Crippen LogP contribution in [0.3, 0.4) is 0 Å². The van der Waals surface area contributed by atoms with Crippen molar-refractivity contribution in [2.24, 2.45) is 0 Å². The van der Waals surface area contributed by atoms with Crippen molar-refractivity contribution >= 4 is 36.4 Å². The molecule has 0 aliphatic heterocycles. The smallest absolute Gasteiger partial charge is 0.326 e. The fourth-order valence-corrected chi connectivity index (χ4v) is 7.07. The normalized spacial score (nSPS) is 13.3. The largest absolute Gasteiger partial charge is 0.464 e. The number of anilines is 1. The molecule has 0 aliphatic rings. The van der Waals surface area contributed by atoms with E-state index in [1.54, 1.807) is 38.6 Å². The molecule has 0 amide bonds. The van der Waals surface area contributed by atoms with E-state index < -0.39 is 36.6 Å². The first kappa shape index (κ1) is 36.6. The number of carbonyl (C=O) groups is 2. The second-order valence-electron chi connectivity index (χ2n) is 12.0. The van der Waals surface area contributed by atoms with Crippen LogP contribution in [-0.2, 0) is 34.9 Å². The van der Waals surface area contributed by atoms with Crippen LogP contribution in [0.1, 0.15) is 99.8 Å². The van der Waals surface area contributed by atoms with Crippen LogP contribution in [0.2, 0.25) is 0 Å². The summed E-state index contributed by atoms with van der Waals surface area (Å²) in [7, 11) is -3.76. The van der Waals surface area contributed by atoms with Crippen LogP contribution in [0.4, 0.5) is 5.82 Å². The van der Waals surface area contributed by atoms with E-state index in [1.165, 1.54) is 6.33 Å². The Kier molecular flexibility index (Phi) is 14.5. The fraction of sp³-hybridized carbons (Fsp3) is 0.759. The number of unbranched alkanes of at least 4 members (excludes halogenated alkanes) is 6.